The molecule has 1 saturated carbocycles. The molecule has 2 N–H and O–H groups in total. The van der Waals surface area contributed by atoms with E-state index in [1.54, 1.807) is 0 Å². The van der Waals surface area contributed by atoms with E-state index in [4.69, 9.17) is 5.11 Å². The summed E-state index contributed by atoms with van der Waals surface area (Å²) in [6, 6.07) is -0.248. The minimum Gasteiger partial charge on any atom is -0.480 e. The van der Waals surface area contributed by atoms with E-state index >= 15 is 0 Å². The number of carboxylic acid groups (broad SMARTS) is 1. The van der Waals surface area contributed by atoms with Gasteiger partial charge in [-0.3, -0.25) is 4.79 Å². The SMILES string of the molecule is O=C(O)C1NCC2CCCC21. The predicted octanol–water partition coefficient (Wildman–Crippen LogP) is 0.459. The molecule has 2 aliphatic rings. The van der Waals surface area contributed by atoms with Crippen LogP contribution in [0.3, 0.4) is 0 Å². The van der Waals surface area contributed by atoms with Gasteiger partial charge in [0, 0.05) is 0 Å². The first-order valence-electron chi connectivity index (χ1n) is 4.25. The lowest BCUT2D eigenvalue weighted by atomic mass is 9.94. The minimum absolute atomic E-state index is 0.248. The van der Waals surface area contributed by atoms with Crippen LogP contribution in [0.4, 0.5) is 0 Å². The summed E-state index contributed by atoms with van der Waals surface area (Å²) in [5.74, 6) is 0.406. The molecule has 3 unspecified atom stereocenters. The van der Waals surface area contributed by atoms with E-state index in [9.17, 15) is 4.79 Å². The van der Waals surface area contributed by atoms with Crippen molar-refractivity contribution in [2.24, 2.45) is 11.8 Å². The van der Waals surface area contributed by atoms with Gasteiger partial charge in [0.05, 0.1) is 0 Å². The molecule has 11 heavy (non-hydrogen) atoms. The van der Waals surface area contributed by atoms with Crippen LogP contribution in [-0.2, 0) is 4.79 Å². The van der Waals surface area contributed by atoms with E-state index in [1.165, 1.54) is 12.8 Å². The molecule has 1 aliphatic carbocycles. The van der Waals surface area contributed by atoms with Crippen molar-refractivity contribution in [2.75, 3.05) is 6.54 Å². The van der Waals surface area contributed by atoms with Crippen LogP contribution in [0, 0.1) is 11.8 Å². The average Bonchev–Trinajstić information content (AvgIpc) is 2.41. The van der Waals surface area contributed by atoms with Crippen LogP contribution >= 0.6 is 0 Å². The third kappa shape index (κ3) is 1.03. The number of carboxylic acids is 1. The zero-order valence-electron chi connectivity index (χ0n) is 6.42. The van der Waals surface area contributed by atoms with E-state index in [1.807, 2.05) is 0 Å². The van der Waals surface area contributed by atoms with Crippen molar-refractivity contribution in [3.05, 3.63) is 0 Å². The summed E-state index contributed by atoms with van der Waals surface area (Å²) in [5, 5.41) is 11.9. The number of aliphatic carboxylic acids is 1. The molecule has 1 heterocycles. The third-order valence-electron chi connectivity index (χ3n) is 3.01. The summed E-state index contributed by atoms with van der Waals surface area (Å²) in [5.41, 5.74) is 0. The molecule has 3 heteroatoms. The van der Waals surface area contributed by atoms with Crippen LogP contribution in [0.15, 0.2) is 0 Å². The number of nitrogens with one attached hydrogen (secondary N) is 1. The molecule has 3 atom stereocenters. The van der Waals surface area contributed by atoms with E-state index in [2.05, 4.69) is 5.32 Å². The highest BCUT2D eigenvalue weighted by atomic mass is 16.4. The fourth-order valence-electron chi connectivity index (χ4n) is 2.46. The Hall–Kier alpha value is -0.570. The topological polar surface area (TPSA) is 49.3 Å². The number of fused-ring (bicyclic) bond motifs is 1. The molecule has 0 bridgehead atoms. The van der Waals surface area contributed by atoms with Gasteiger partial charge >= 0.3 is 5.97 Å². The van der Waals surface area contributed by atoms with Gasteiger partial charge in [-0.25, -0.2) is 0 Å². The Morgan fingerprint density at radius 1 is 1.45 bits per heavy atom. The molecule has 2 rings (SSSR count). The van der Waals surface area contributed by atoms with Crippen LogP contribution in [0.1, 0.15) is 19.3 Å². The largest absolute Gasteiger partial charge is 0.480 e. The Balaban J connectivity index is 2.08. The normalized spacial score (nSPS) is 42.4. The molecule has 0 aromatic heterocycles. The van der Waals surface area contributed by atoms with Crippen LogP contribution in [-0.4, -0.2) is 23.7 Å². The Bertz CT molecular complexity index is 181. The first-order chi connectivity index (χ1) is 5.29. The fourth-order valence-corrected chi connectivity index (χ4v) is 2.46. The fraction of sp³-hybridized carbons (Fsp3) is 0.875. The van der Waals surface area contributed by atoms with Crippen molar-refractivity contribution < 1.29 is 9.90 Å². The first-order valence-corrected chi connectivity index (χ1v) is 4.25. The van der Waals surface area contributed by atoms with Gasteiger partial charge in [-0.2, -0.15) is 0 Å². The van der Waals surface area contributed by atoms with Crippen molar-refractivity contribution in [2.45, 2.75) is 25.3 Å². The summed E-state index contributed by atoms with van der Waals surface area (Å²) < 4.78 is 0. The van der Waals surface area contributed by atoms with Crippen LogP contribution in [0.25, 0.3) is 0 Å². The van der Waals surface area contributed by atoms with E-state index < -0.39 is 5.97 Å². The van der Waals surface area contributed by atoms with Gasteiger partial charge in [0.2, 0.25) is 0 Å². The highest BCUT2D eigenvalue weighted by molar-refractivity contribution is 5.74. The lowest BCUT2D eigenvalue weighted by Crippen LogP contribution is -2.35. The molecular formula is C8H13NO2. The quantitative estimate of drug-likeness (QED) is 0.578. The zero-order valence-corrected chi connectivity index (χ0v) is 6.42. The van der Waals surface area contributed by atoms with Crippen molar-refractivity contribution in [3.8, 4) is 0 Å². The van der Waals surface area contributed by atoms with Gasteiger partial charge in [0.15, 0.2) is 0 Å². The van der Waals surface area contributed by atoms with Crippen LogP contribution in [0.2, 0.25) is 0 Å². The Kier molecular flexibility index (Phi) is 1.60. The maximum absolute atomic E-state index is 10.7. The van der Waals surface area contributed by atoms with Gasteiger partial charge in [-0.05, 0) is 31.2 Å². The van der Waals surface area contributed by atoms with Gasteiger partial charge in [0.25, 0.3) is 0 Å². The maximum atomic E-state index is 10.7. The Labute approximate surface area is 65.8 Å². The number of carbonyl (C=O) groups is 1. The molecule has 0 radical (unpaired) electrons. The zero-order chi connectivity index (χ0) is 7.84. The highest BCUT2D eigenvalue weighted by Crippen LogP contribution is 2.37. The molecule has 3 nitrogen and oxygen atoms in total. The molecule has 0 aromatic rings. The number of rotatable bonds is 1. The van der Waals surface area contributed by atoms with Crippen LogP contribution < -0.4 is 5.32 Å². The molecule has 0 spiro atoms. The van der Waals surface area contributed by atoms with Gasteiger partial charge in [-0.15, -0.1) is 0 Å². The summed E-state index contributed by atoms with van der Waals surface area (Å²) >= 11 is 0. The van der Waals surface area contributed by atoms with Gasteiger partial charge in [0.1, 0.15) is 6.04 Å². The van der Waals surface area contributed by atoms with Crippen LogP contribution in [0.5, 0.6) is 0 Å². The highest BCUT2D eigenvalue weighted by Gasteiger charge is 2.42. The minimum atomic E-state index is -0.667. The second-order valence-electron chi connectivity index (χ2n) is 3.58. The first kappa shape index (κ1) is 7.10. The molecule has 62 valence electrons. The Morgan fingerprint density at radius 2 is 2.27 bits per heavy atom. The van der Waals surface area contributed by atoms with Gasteiger partial charge < -0.3 is 10.4 Å². The molecule has 1 aliphatic heterocycles. The maximum Gasteiger partial charge on any atom is 0.320 e. The van der Waals surface area contributed by atoms with Crippen molar-refractivity contribution in [1.29, 1.82) is 0 Å². The van der Waals surface area contributed by atoms with Gasteiger partial charge in [-0.1, -0.05) is 6.42 Å². The summed E-state index contributed by atoms with van der Waals surface area (Å²) in [6.07, 6.45) is 3.55. The predicted molar refractivity (Wildman–Crippen MR) is 40.3 cm³/mol. The van der Waals surface area contributed by atoms with E-state index in [0.717, 1.165) is 13.0 Å². The summed E-state index contributed by atoms with van der Waals surface area (Å²) in [4.78, 5) is 10.7. The second kappa shape index (κ2) is 2.48. The molecule has 1 saturated heterocycles. The van der Waals surface area contributed by atoms with Crippen molar-refractivity contribution in [1.82, 2.24) is 5.32 Å². The van der Waals surface area contributed by atoms with E-state index in [-0.39, 0.29) is 6.04 Å². The van der Waals surface area contributed by atoms with Crippen molar-refractivity contribution in [3.63, 3.8) is 0 Å². The lowest BCUT2D eigenvalue weighted by molar-refractivity contribution is -0.140. The molecule has 2 fully saturated rings. The smallest absolute Gasteiger partial charge is 0.320 e. The number of hydrogen-bond donors (Lipinski definition) is 2. The van der Waals surface area contributed by atoms with Crippen molar-refractivity contribution >= 4 is 5.97 Å². The summed E-state index contributed by atoms with van der Waals surface area (Å²) in [6.45, 7) is 0.918. The molecular weight excluding hydrogens is 142 g/mol. The Morgan fingerprint density at radius 3 is 3.00 bits per heavy atom. The molecule has 0 amide bonds. The standard InChI is InChI=1S/C8H13NO2/c10-8(11)7-6-3-1-2-5(6)4-9-7/h5-7,9H,1-4H2,(H,10,11). The summed E-state index contributed by atoms with van der Waals surface area (Å²) in [7, 11) is 0. The number of hydrogen-bond acceptors (Lipinski definition) is 2. The average molecular weight is 155 g/mol. The monoisotopic (exact) mass is 155 g/mol. The third-order valence-corrected chi connectivity index (χ3v) is 3.01. The lowest BCUT2D eigenvalue weighted by Gasteiger charge is -2.12. The van der Waals surface area contributed by atoms with E-state index in [0.29, 0.717) is 11.8 Å². The molecule has 0 aromatic carbocycles. The second-order valence-corrected chi connectivity index (χ2v) is 3.58.